The smallest absolute Gasteiger partial charge is 0.256 e. The highest BCUT2D eigenvalue weighted by Gasteiger charge is 2.17. The van der Waals surface area contributed by atoms with E-state index in [0.29, 0.717) is 29.4 Å². The summed E-state index contributed by atoms with van der Waals surface area (Å²) in [6, 6.07) is 22.5. The fourth-order valence-corrected chi connectivity index (χ4v) is 3.37. The van der Waals surface area contributed by atoms with Gasteiger partial charge in [0.05, 0.1) is 18.4 Å². The second-order valence-corrected chi connectivity index (χ2v) is 7.74. The minimum Gasteiger partial charge on any atom is -0.494 e. The van der Waals surface area contributed by atoms with Crippen LogP contribution in [0.3, 0.4) is 0 Å². The van der Waals surface area contributed by atoms with E-state index >= 15 is 0 Å². The Hall–Kier alpha value is -3.13. The molecule has 30 heavy (non-hydrogen) atoms. The van der Waals surface area contributed by atoms with E-state index in [4.69, 9.17) is 9.15 Å². The van der Waals surface area contributed by atoms with Crippen LogP contribution in [0.5, 0.6) is 5.75 Å². The molecular weight excluding hydrogens is 491 g/mol. The Bertz CT molecular complexity index is 1150. The maximum absolute atomic E-state index is 12.9. The summed E-state index contributed by atoms with van der Waals surface area (Å²) in [7, 11) is 0. The molecule has 1 aromatic heterocycles. The van der Waals surface area contributed by atoms with Gasteiger partial charge in [-0.2, -0.15) is 0 Å². The summed E-state index contributed by atoms with van der Waals surface area (Å²) in [6.45, 7) is 2.57. The number of aromatic nitrogens is 1. The number of carbonyl (C=O) groups excluding carboxylic acids is 1. The van der Waals surface area contributed by atoms with Gasteiger partial charge in [-0.1, -0.05) is 12.1 Å². The van der Waals surface area contributed by atoms with Gasteiger partial charge in [0.15, 0.2) is 5.76 Å². The normalized spacial score (nSPS) is 10.6. The van der Waals surface area contributed by atoms with Gasteiger partial charge >= 0.3 is 0 Å². The second-order valence-electron chi connectivity index (χ2n) is 6.49. The van der Waals surface area contributed by atoms with Gasteiger partial charge in [0.2, 0.25) is 5.89 Å². The third-order valence-corrected chi connectivity index (χ3v) is 5.18. The Morgan fingerprint density at radius 1 is 1.03 bits per heavy atom. The van der Waals surface area contributed by atoms with E-state index in [1.54, 1.807) is 12.3 Å². The number of halogens is 1. The highest BCUT2D eigenvalue weighted by molar-refractivity contribution is 14.1. The van der Waals surface area contributed by atoms with Crippen LogP contribution in [0.25, 0.3) is 22.8 Å². The van der Waals surface area contributed by atoms with Crippen molar-refractivity contribution in [1.82, 2.24) is 4.98 Å². The Morgan fingerprint density at radius 2 is 1.77 bits per heavy atom. The van der Waals surface area contributed by atoms with Gasteiger partial charge in [0.1, 0.15) is 5.75 Å². The minimum absolute atomic E-state index is 0.215. The van der Waals surface area contributed by atoms with E-state index in [1.165, 1.54) is 0 Å². The average molecular weight is 510 g/mol. The van der Waals surface area contributed by atoms with Crippen LogP contribution in [0, 0.1) is 3.57 Å². The van der Waals surface area contributed by atoms with Crippen LogP contribution in [0.4, 0.5) is 5.69 Å². The van der Waals surface area contributed by atoms with E-state index in [0.717, 1.165) is 20.6 Å². The first-order valence-electron chi connectivity index (χ1n) is 9.49. The molecule has 4 aromatic rings. The van der Waals surface area contributed by atoms with E-state index < -0.39 is 0 Å². The minimum atomic E-state index is -0.215. The lowest BCUT2D eigenvalue weighted by molar-refractivity contribution is 0.102. The van der Waals surface area contributed by atoms with Gasteiger partial charge in [-0.15, -0.1) is 0 Å². The second kappa shape index (κ2) is 9.13. The predicted molar refractivity (Wildman–Crippen MR) is 126 cm³/mol. The van der Waals surface area contributed by atoms with Gasteiger partial charge in [-0.25, -0.2) is 4.98 Å². The molecule has 0 aliphatic carbocycles. The Labute approximate surface area is 188 Å². The lowest BCUT2D eigenvalue weighted by Gasteiger charge is -2.08. The third-order valence-electron chi connectivity index (χ3n) is 4.46. The molecule has 0 spiro atoms. The molecule has 0 atom stereocenters. The first-order valence-corrected chi connectivity index (χ1v) is 10.6. The zero-order valence-corrected chi connectivity index (χ0v) is 18.4. The van der Waals surface area contributed by atoms with Crippen LogP contribution in [-0.4, -0.2) is 17.5 Å². The first kappa shape index (κ1) is 20.2. The molecule has 0 bridgehead atoms. The van der Waals surface area contributed by atoms with E-state index in [1.807, 2.05) is 73.7 Å². The highest BCUT2D eigenvalue weighted by Crippen LogP contribution is 2.29. The zero-order valence-electron chi connectivity index (χ0n) is 16.3. The molecule has 150 valence electrons. The van der Waals surface area contributed by atoms with Crippen molar-refractivity contribution in [2.24, 2.45) is 0 Å². The van der Waals surface area contributed by atoms with Crippen LogP contribution in [0.1, 0.15) is 17.3 Å². The van der Waals surface area contributed by atoms with Gasteiger partial charge in [-0.05, 0) is 90.2 Å². The largest absolute Gasteiger partial charge is 0.494 e. The van der Waals surface area contributed by atoms with E-state index in [-0.39, 0.29) is 5.91 Å². The SMILES string of the molecule is CCOc1ccc(-c2cnc(-c3ccccc3C(=O)Nc3ccc(I)cc3)o2)cc1. The number of rotatable bonds is 6. The molecular formula is C24H19IN2O3. The maximum atomic E-state index is 12.9. The number of carbonyl (C=O) groups is 1. The van der Waals surface area contributed by atoms with Crippen LogP contribution < -0.4 is 10.1 Å². The van der Waals surface area contributed by atoms with Gasteiger partial charge in [-0.3, -0.25) is 4.79 Å². The van der Waals surface area contributed by atoms with Crippen LogP contribution in [-0.2, 0) is 0 Å². The Morgan fingerprint density at radius 3 is 2.50 bits per heavy atom. The summed E-state index contributed by atoms with van der Waals surface area (Å²) in [5, 5.41) is 2.93. The predicted octanol–water partition coefficient (Wildman–Crippen LogP) is 6.26. The van der Waals surface area contributed by atoms with E-state index in [2.05, 4.69) is 32.9 Å². The summed E-state index contributed by atoms with van der Waals surface area (Å²) in [5.41, 5.74) is 2.75. The number of nitrogens with one attached hydrogen (secondary N) is 1. The van der Waals surface area contributed by atoms with E-state index in [9.17, 15) is 4.79 Å². The molecule has 1 heterocycles. The summed E-state index contributed by atoms with van der Waals surface area (Å²) >= 11 is 2.23. The van der Waals surface area contributed by atoms with Crippen molar-refractivity contribution in [2.75, 3.05) is 11.9 Å². The maximum Gasteiger partial charge on any atom is 0.256 e. The third kappa shape index (κ3) is 4.54. The van der Waals surface area contributed by atoms with Crippen molar-refractivity contribution in [3.8, 4) is 28.5 Å². The number of anilines is 1. The van der Waals surface area contributed by atoms with Crippen molar-refractivity contribution in [3.05, 3.63) is 88.1 Å². The zero-order chi connectivity index (χ0) is 20.9. The molecule has 0 aliphatic rings. The molecule has 0 saturated heterocycles. The number of hydrogen-bond donors (Lipinski definition) is 1. The van der Waals surface area contributed by atoms with Gasteiger partial charge in [0.25, 0.3) is 5.91 Å². The molecule has 0 fully saturated rings. The Balaban J connectivity index is 1.59. The first-order chi connectivity index (χ1) is 14.6. The molecule has 4 rings (SSSR count). The van der Waals surface area contributed by atoms with Gasteiger partial charge < -0.3 is 14.5 Å². The Kier molecular flexibility index (Phi) is 6.13. The fraction of sp³-hybridized carbons (Fsp3) is 0.0833. The quantitative estimate of drug-likeness (QED) is 0.311. The van der Waals surface area contributed by atoms with Crippen molar-refractivity contribution in [1.29, 1.82) is 0 Å². The number of benzene rings is 3. The lowest BCUT2D eigenvalue weighted by atomic mass is 10.1. The monoisotopic (exact) mass is 510 g/mol. The number of ether oxygens (including phenoxy) is 1. The molecule has 0 saturated carbocycles. The van der Waals surface area contributed by atoms with Crippen LogP contribution in [0.2, 0.25) is 0 Å². The number of oxazole rings is 1. The molecule has 0 radical (unpaired) electrons. The number of hydrogen-bond acceptors (Lipinski definition) is 4. The van der Waals surface area contributed by atoms with Crippen LogP contribution >= 0.6 is 22.6 Å². The van der Waals surface area contributed by atoms with Gasteiger partial charge in [0, 0.05) is 20.4 Å². The topological polar surface area (TPSA) is 64.4 Å². The lowest BCUT2D eigenvalue weighted by Crippen LogP contribution is -2.13. The molecule has 5 nitrogen and oxygen atoms in total. The van der Waals surface area contributed by atoms with Crippen molar-refractivity contribution >= 4 is 34.2 Å². The van der Waals surface area contributed by atoms with Crippen molar-refractivity contribution < 1.29 is 13.9 Å². The average Bonchev–Trinajstić information content (AvgIpc) is 3.26. The molecule has 0 aliphatic heterocycles. The van der Waals surface area contributed by atoms with Crippen molar-refractivity contribution in [2.45, 2.75) is 6.92 Å². The number of nitrogens with zero attached hydrogens (tertiary/aromatic N) is 1. The molecule has 6 heteroatoms. The molecule has 3 aromatic carbocycles. The molecule has 1 amide bonds. The summed E-state index contributed by atoms with van der Waals surface area (Å²) in [6.07, 6.45) is 1.67. The fourth-order valence-electron chi connectivity index (χ4n) is 3.01. The molecule has 0 unspecified atom stereocenters. The summed E-state index contributed by atoms with van der Waals surface area (Å²) in [5.74, 6) is 1.61. The summed E-state index contributed by atoms with van der Waals surface area (Å²) in [4.78, 5) is 17.3. The van der Waals surface area contributed by atoms with Crippen molar-refractivity contribution in [3.63, 3.8) is 0 Å². The number of amides is 1. The highest BCUT2D eigenvalue weighted by atomic mass is 127. The standard InChI is InChI=1S/C24H19IN2O3/c1-2-29-19-13-7-16(8-14-19)22-15-26-24(30-22)21-6-4-3-5-20(21)23(28)27-18-11-9-17(25)10-12-18/h3-15H,2H2,1H3,(H,27,28). The van der Waals surface area contributed by atoms with Crippen LogP contribution in [0.15, 0.2) is 83.4 Å². The molecule has 1 N–H and O–H groups in total. The summed E-state index contributed by atoms with van der Waals surface area (Å²) < 4.78 is 12.6.